The molecule has 0 aliphatic carbocycles. The van der Waals surface area contributed by atoms with Gasteiger partial charge in [0.15, 0.2) is 6.10 Å². The number of ether oxygens (including phenoxy) is 1. The zero-order valence-corrected chi connectivity index (χ0v) is 17.2. The fourth-order valence-corrected chi connectivity index (χ4v) is 4.41. The summed E-state index contributed by atoms with van der Waals surface area (Å²) < 4.78 is 41.8. The third-order valence-electron chi connectivity index (χ3n) is 3.86. The summed E-state index contributed by atoms with van der Waals surface area (Å²) in [7, 11) is -3.93. The Labute approximate surface area is 174 Å². The molecular formula is C18H14ClFN2O5S2. The number of thiophene rings is 1. The number of rotatable bonds is 5. The van der Waals surface area contributed by atoms with Gasteiger partial charge in [0.05, 0.1) is 9.92 Å². The fourth-order valence-electron chi connectivity index (χ4n) is 2.43. The number of amides is 1. The van der Waals surface area contributed by atoms with Crippen LogP contribution in [-0.2, 0) is 19.6 Å². The summed E-state index contributed by atoms with van der Waals surface area (Å²) in [5.74, 6) is -1.99. The van der Waals surface area contributed by atoms with Crippen molar-refractivity contribution in [1.82, 2.24) is 0 Å². The van der Waals surface area contributed by atoms with Crippen LogP contribution in [0.25, 0.3) is 10.1 Å². The minimum absolute atomic E-state index is 0.0446. The number of carbonyl (C=O) groups excluding carboxylic acids is 2. The molecule has 1 atom stereocenters. The first kappa shape index (κ1) is 21.2. The Hall–Kier alpha value is -2.53. The number of halogens is 2. The van der Waals surface area contributed by atoms with Crippen molar-refractivity contribution in [3.63, 3.8) is 0 Å². The molecule has 0 fully saturated rings. The highest BCUT2D eigenvalue weighted by Crippen LogP contribution is 2.36. The maximum Gasteiger partial charge on any atom is 0.350 e. The molecule has 0 saturated heterocycles. The van der Waals surface area contributed by atoms with E-state index in [1.54, 1.807) is 0 Å². The number of esters is 1. The molecule has 0 radical (unpaired) electrons. The first-order chi connectivity index (χ1) is 13.6. The molecule has 2 aromatic carbocycles. The van der Waals surface area contributed by atoms with Crippen molar-refractivity contribution < 1.29 is 27.1 Å². The van der Waals surface area contributed by atoms with E-state index >= 15 is 0 Å². The molecular weight excluding hydrogens is 443 g/mol. The highest BCUT2D eigenvalue weighted by molar-refractivity contribution is 7.89. The summed E-state index contributed by atoms with van der Waals surface area (Å²) in [5.41, 5.74) is 0.166. The van der Waals surface area contributed by atoms with E-state index in [0.29, 0.717) is 10.1 Å². The van der Waals surface area contributed by atoms with Crippen LogP contribution in [0, 0.1) is 5.82 Å². The number of hydrogen-bond acceptors (Lipinski definition) is 6. The molecule has 1 heterocycles. The number of hydrogen-bond donors (Lipinski definition) is 2. The summed E-state index contributed by atoms with van der Waals surface area (Å²) in [6.45, 7) is 1.34. The monoisotopic (exact) mass is 456 g/mol. The van der Waals surface area contributed by atoms with Crippen molar-refractivity contribution in [2.75, 3.05) is 5.32 Å². The van der Waals surface area contributed by atoms with E-state index in [-0.39, 0.29) is 20.5 Å². The van der Waals surface area contributed by atoms with Crippen molar-refractivity contribution in [2.45, 2.75) is 17.9 Å². The van der Waals surface area contributed by atoms with Gasteiger partial charge in [-0.2, -0.15) is 0 Å². The second-order valence-electron chi connectivity index (χ2n) is 6.00. The molecule has 152 valence electrons. The maximum absolute atomic E-state index is 13.4. The number of nitrogens with two attached hydrogens (primary N) is 1. The van der Waals surface area contributed by atoms with Crippen LogP contribution in [0.2, 0.25) is 5.02 Å². The zero-order valence-electron chi connectivity index (χ0n) is 14.8. The van der Waals surface area contributed by atoms with E-state index in [1.807, 2.05) is 0 Å². The van der Waals surface area contributed by atoms with Crippen LogP contribution in [-0.4, -0.2) is 26.4 Å². The van der Waals surface area contributed by atoms with Crippen LogP contribution in [0.3, 0.4) is 0 Å². The number of benzene rings is 2. The maximum atomic E-state index is 13.4. The molecule has 0 aliphatic rings. The zero-order chi connectivity index (χ0) is 21.3. The topological polar surface area (TPSA) is 116 Å². The third kappa shape index (κ3) is 4.73. The van der Waals surface area contributed by atoms with E-state index in [9.17, 15) is 22.4 Å². The van der Waals surface area contributed by atoms with E-state index < -0.39 is 33.8 Å². The molecule has 0 bridgehead atoms. The van der Waals surface area contributed by atoms with Gasteiger partial charge in [-0.1, -0.05) is 17.7 Å². The minimum atomic E-state index is -3.93. The predicted molar refractivity (Wildman–Crippen MR) is 108 cm³/mol. The molecule has 0 saturated carbocycles. The molecule has 7 nitrogen and oxygen atoms in total. The average molecular weight is 457 g/mol. The first-order valence-corrected chi connectivity index (χ1v) is 10.8. The summed E-state index contributed by atoms with van der Waals surface area (Å²) in [6, 6.07) is 9.24. The van der Waals surface area contributed by atoms with Gasteiger partial charge < -0.3 is 10.1 Å². The SMILES string of the molecule is CC(OC(=O)c1sc2cc(F)ccc2c1Cl)C(=O)Nc1cccc(S(N)(=O)=O)c1. The number of primary sulfonamides is 1. The highest BCUT2D eigenvalue weighted by Gasteiger charge is 2.24. The van der Waals surface area contributed by atoms with Crippen LogP contribution in [0.4, 0.5) is 10.1 Å². The van der Waals surface area contributed by atoms with E-state index in [4.69, 9.17) is 21.5 Å². The van der Waals surface area contributed by atoms with Crippen molar-refractivity contribution in [3.8, 4) is 0 Å². The Bertz CT molecular complexity index is 1230. The quantitative estimate of drug-likeness (QED) is 0.570. The third-order valence-corrected chi connectivity index (χ3v) is 6.41. The summed E-state index contributed by atoms with van der Waals surface area (Å²) in [5, 5.41) is 8.12. The van der Waals surface area contributed by atoms with Crippen LogP contribution >= 0.6 is 22.9 Å². The Kier molecular flexibility index (Phi) is 5.90. The van der Waals surface area contributed by atoms with Gasteiger partial charge in [0, 0.05) is 15.8 Å². The van der Waals surface area contributed by atoms with Crippen molar-refractivity contribution in [2.24, 2.45) is 5.14 Å². The lowest BCUT2D eigenvalue weighted by Gasteiger charge is -2.13. The van der Waals surface area contributed by atoms with Gasteiger partial charge in [0.2, 0.25) is 10.0 Å². The Balaban J connectivity index is 1.73. The van der Waals surface area contributed by atoms with Gasteiger partial charge in [-0.3, -0.25) is 4.79 Å². The minimum Gasteiger partial charge on any atom is -0.448 e. The van der Waals surface area contributed by atoms with Crippen molar-refractivity contribution >= 4 is 60.6 Å². The van der Waals surface area contributed by atoms with Gasteiger partial charge in [-0.05, 0) is 43.3 Å². The first-order valence-electron chi connectivity index (χ1n) is 8.08. The van der Waals surface area contributed by atoms with Gasteiger partial charge >= 0.3 is 5.97 Å². The number of anilines is 1. The lowest BCUT2D eigenvalue weighted by Crippen LogP contribution is -2.30. The molecule has 11 heteroatoms. The fraction of sp³-hybridized carbons (Fsp3) is 0.111. The number of sulfonamides is 1. The second kappa shape index (κ2) is 8.07. The van der Waals surface area contributed by atoms with Crippen LogP contribution < -0.4 is 10.5 Å². The van der Waals surface area contributed by atoms with E-state index in [2.05, 4.69) is 5.32 Å². The smallest absolute Gasteiger partial charge is 0.350 e. The van der Waals surface area contributed by atoms with Gasteiger partial charge in [0.1, 0.15) is 10.7 Å². The Morgan fingerprint density at radius 1 is 1.24 bits per heavy atom. The Morgan fingerprint density at radius 3 is 2.66 bits per heavy atom. The largest absolute Gasteiger partial charge is 0.448 e. The molecule has 0 spiro atoms. The molecule has 3 aromatic rings. The molecule has 3 N–H and O–H groups in total. The molecule has 3 rings (SSSR count). The molecule has 1 unspecified atom stereocenters. The lowest BCUT2D eigenvalue weighted by atomic mass is 10.2. The summed E-state index contributed by atoms with van der Waals surface area (Å²) in [6.07, 6.45) is -1.21. The van der Waals surface area contributed by atoms with Crippen LogP contribution in [0.15, 0.2) is 47.4 Å². The standard InChI is InChI=1S/C18H14ClFN2O5S2/c1-9(17(23)22-11-3-2-4-12(8-11)29(21,25)26)27-18(24)16-15(19)13-6-5-10(20)7-14(13)28-16/h2-9H,1H3,(H,22,23)(H2,21,25,26). The number of fused-ring (bicyclic) bond motifs is 1. The number of nitrogens with one attached hydrogen (secondary N) is 1. The van der Waals surface area contributed by atoms with Gasteiger partial charge in [-0.15, -0.1) is 11.3 Å². The second-order valence-corrected chi connectivity index (χ2v) is 8.99. The summed E-state index contributed by atoms with van der Waals surface area (Å²) >= 11 is 7.12. The molecule has 29 heavy (non-hydrogen) atoms. The van der Waals surface area contributed by atoms with Crippen LogP contribution in [0.1, 0.15) is 16.6 Å². The summed E-state index contributed by atoms with van der Waals surface area (Å²) in [4.78, 5) is 24.6. The predicted octanol–water partition coefficient (Wildman–Crippen LogP) is 3.53. The van der Waals surface area contributed by atoms with Gasteiger partial charge in [-0.25, -0.2) is 22.7 Å². The van der Waals surface area contributed by atoms with Gasteiger partial charge in [0.25, 0.3) is 5.91 Å². The number of carbonyl (C=O) groups is 2. The lowest BCUT2D eigenvalue weighted by molar-refractivity contribution is -0.123. The molecule has 1 aromatic heterocycles. The van der Waals surface area contributed by atoms with E-state index in [1.165, 1.54) is 49.4 Å². The normalized spacial score (nSPS) is 12.6. The van der Waals surface area contributed by atoms with Crippen molar-refractivity contribution in [3.05, 3.63) is 58.2 Å². The average Bonchev–Trinajstić information content (AvgIpc) is 2.97. The van der Waals surface area contributed by atoms with Crippen LogP contribution in [0.5, 0.6) is 0 Å². The van der Waals surface area contributed by atoms with E-state index in [0.717, 1.165) is 11.3 Å². The van der Waals surface area contributed by atoms with Crippen molar-refractivity contribution in [1.29, 1.82) is 0 Å². The molecule has 0 aliphatic heterocycles. The highest BCUT2D eigenvalue weighted by atomic mass is 35.5. The Morgan fingerprint density at radius 2 is 1.97 bits per heavy atom. The molecule has 1 amide bonds.